The summed E-state index contributed by atoms with van der Waals surface area (Å²) < 4.78 is 1.75. The van der Waals surface area contributed by atoms with E-state index in [1.54, 1.807) is 10.9 Å². The summed E-state index contributed by atoms with van der Waals surface area (Å²) in [5.41, 5.74) is 1.27. The number of likely N-dealkylation sites (N-methyl/N-ethyl adjacent to an activating group) is 1. The lowest BCUT2D eigenvalue weighted by atomic mass is 9.48. The number of carbonyl (C=O) groups is 1. The smallest absolute Gasteiger partial charge is 0.242 e. The van der Waals surface area contributed by atoms with Crippen LogP contribution in [0.4, 0.5) is 0 Å². The van der Waals surface area contributed by atoms with Gasteiger partial charge in [-0.1, -0.05) is 0 Å². The minimum atomic E-state index is -0.324. The lowest BCUT2D eigenvalue weighted by Crippen LogP contribution is -2.56. The lowest BCUT2D eigenvalue weighted by Gasteiger charge is -2.59. The molecule has 140 valence electrons. The average Bonchev–Trinajstić information content (AvgIpc) is 2.92. The Hall–Kier alpha value is -1.07. The number of aryl methyl sites for hydroxylation is 1. The number of hydrogen-bond acceptors (Lipinski definition) is 3. The van der Waals surface area contributed by atoms with Crippen molar-refractivity contribution in [2.45, 2.75) is 57.5 Å². The van der Waals surface area contributed by atoms with Crippen molar-refractivity contribution in [1.29, 1.82) is 0 Å². The summed E-state index contributed by atoms with van der Waals surface area (Å²) >= 11 is 0. The maximum Gasteiger partial charge on any atom is 0.242 e. The van der Waals surface area contributed by atoms with Crippen molar-refractivity contribution >= 4 is 18.3 Å². The van der Waals surface area contributed by atoms with Gasteiger partial charge in [0.15, 0.2) is 0 Å². The van der Waals surface area contributed by atoms with E-state index >= 15 is 0 Å². The summed E-state index contributed by atoms with van der Waals surface area (Å²) in [7, 11) is 3.72. The van der Waals surface area contributed by atoms with Gasteiger partial charge in [-0.05, 0) is 75.7 Å². The molecule has 1 amide bonds. The quantitative estimate of drug-likeness (QED) is 0.842. The van der Waals surface area contributed by atoms with Crippen LogP contribution >= 0.6 is 12.4 Å². The number of amides is 1. The standard InChI is InChI=1S/C19H30N4O.ClH/c1-12(19-7-13-4-14(8-19)6-15(5-13)9-19)22-18(24)17(20-2)16-10-21-23(3)11-16;/h10-15,17,20H,4-9H2,1-3H3,(H,22,24);1H. The molecule has 0 spiro atoms. The molecule has 5 rings (SSSR count). The number of nitrogens with zero attached hydrogens (tertiary/aromatic N) is 2. The van der Waals surface area contributed by atoms with E-state index in [-0.39, 0.29) is 30.4 Å². The van der Waals surface area contributed by atoms with E-state index in [0.717, 1.165) is 23.3 Å². The molecule has 25 heavy (non-hydrogen) atoms. The van der Waals surface area contributed by atoms with Crippen molar-refractivity contribution in [2.24, 2.45) is 30.2 Å². The molecular weight excluding hydrogens is 336 g/mol. The van der Waals surface area contributed by atoms with Crippen molar-refractivity contribution < 1.29 is 4.79 Å². The van der Waals surface area contributed by atoms with Gasteiger partial charge in [0, 0.05) is 24.8 Å². The summed E-state index contributed by atoms with van der Waals surface area (Å²) in [5, 5.41) is 10.7. The molecule has 4 saturated carbocycles. The highest BCUT2D eigenvalue weighted by molar-refractivity contribution is 5.85. The first-order valence-electron chi connectivity index (χ1n) is 9.45. The first kappa shape index (κ1) is 18.7. The van der Waals surface area contributed by atoms with E-state index in [1.165, 1.54) is 38.5 Å². The van der Waals surface area contributed by atoms with Gasteiger partial charge in [0.05, 0.1) is 6.20 Å². The molecule has 6 heteroatoms. The molecule has 1 aromatic heterocycles. The third-order valence-electron chi connectivity index (χ3n) is 6.97. The number of aromatic nitrogens is 2. The zero-order valence-electron chi connectivity index (χ0n) is 15.5. The fourth-order valence-corrected chi connectivity index (χ4v) is 6.20. The molecule has 1 heterocycles. The Balaban J connectivity index is 0.00000182. The van der Waals surface area contributed by atoms with Crippen molar-refractivity contribution in [3.05, 3.63) is 18.0 Å². The molecule has 0 aromatic carbocycles. The molecule has 4 fully saturated rings. The molecule has 4 aliphatic carbocycles. The van der Waals surface area contributed by atoms with Crippen molar-refractivity contribution in [1.82, 2.24) is 20.4 Å². The largest absolute Gasteiger partial charge is 0.351 e. The van der Waals surface area contributed by atoms with E-state index in [1.807, 2.05) is 20.3 Å². The summed E-state index contributed by atoms with van der Waals surface area (Å²) in [5.74, 6) is 2.81. The second-order valence-electron chi connectivity index (χ2n) is 8.68. The summed E-state index contributed by atoms with van der Waals surface area (Å²) in [6, 6.07) is -0.0685. The maximum absolute atomic E-state index is 12.9. The van der Waals surface area contributed by atoms with Gasteiger partial charge in [0.25, 0.3) is 0 Å². The Morgan fingerprint density at radius 1 is 1.24 bits per heavy atom. The van der Waals surface area contributed by atoms with Gasteiger partial charge in [0.1, 0.15) is 6.04 Å². The Kier molecular flexibility index (Phi) is 5.18. The van der Waals surface area contributed by atoms with Gasteiger partial charge < -0.3 is 10.6 Å². The fraction of sp³-hybridized carbons (Fsp3) is 0.789. The van der Waals surface area contributed by atoms with Crippen LogP contribution < -0.4 is 10.6 Å². The van der Waals surface area contributed by atoms with Crippen LogP contribution in [0.2, 0.25) is 0 Å². The van der Waals surface area contributed by atoms with Gasteiger partial charge in [-0.15, -0.1) is 12.4 Å². The molecule has 0 saturated heterocycles. The molecule has 4 bridgehead atoms. The topological polar surface area (TPSA) is 59.0 Å². The minimum absolute atomic E-state index is 0. The van der Waals surface area contributed by atoms with Gasteiger partial charge in [-0.25, -0.2) is 0 Å². The summed E-state index contributed by atoms with van der Waals surface area (Å²) in [6.07, 6.45) is 12.0. The van der Waals surface area contributed by atoms with Crippen LogP contribution in [0.15, 0.2) is 12.4 Å². The number of halogens is 1. The Morgan fingerprint density at radius 2 is 1.80 bits per heavy atom. The van der Waals surface area contributed by atoms with E-state index < -0.39 is 0 Å². The van der Waals surface area contributed by atoms with E-state index in [2.05, 4.69) is 22.7 Å². The Morgan fingerprint density at radius 3 is 2.24 bits per heavy atom. The SMILES string of the molecule is CNC(C(=O)NC(C)C12CC3CC(CC(C3)C1)C2)c1cnn(C)c1.Cl. The fourth-order valence-electron chi connectivity index (χ4n) is 6.20. The normalized spacial score (nSPS) is 35.1. The Labute approximate surface area is 156 Å². The Bertz CT molecular complexity index is 593. The lowest BCUT2D eigenvalue weighted by molar-refractivity contribution is -0.128. The number of carbonyl (C=O) groups excluding carboxylic acids is 1. The third kappa shape index (κ3) is 3.33. The van der Waals surface area contributed by atoms with E-state index in [0.29, 0.717) is 5.41 Å². The molecule has 4 aliphatic rings. The molecule has 2 unspecified atom stereocenters. The second-order valence-corrected chi connectivity index (χ2v) is 8.68. The molecule has 0 radical (unpaired) electrons. The van der Waals surface area contributed by atoms with Crippen LogP contribution in [-0.4, -0.2) is 28.8 Å². The zero-order chi connectivity index (χ0) is 16.9. The first-order valence-corrected chi connectivity index (χ1v) is 9.45. The predicted octanol–water partition coefficient (Wildman–Crippen LogP) is 2.82. The van der Waals surface area contributed by atoms with Crippen molar-refractivity contribution in [3.63, 3.8) is 0 Å². The van der Waals surface area contributed by atoms with Crippen LogP contribution in [0.5, 0.6) is 0 Å². The highest BCUT2D eigenvalue weighted by atomic mass is 35.5. The summed E-state index contributed by atoms with van der Waals surface area (Å²) in [6.45, 7) is 2.24. The van der Waals surface area contributed by atoms with E-state index in [9.17, 15) is 4.79 Å². The number of rotatable bonds is 5. The van der Waals surface area contributed by atoms with Crippen LogP contribution in [0.1, 0.15) is 57.1 Å². The predicted molar refractivity (Wildman–Crippen MR) is 100 cm³/mol. The highest BCUT2D eigenvalue weighted by Gasteiger charge is 2.53. The van der Waals surface area contributed by atoms with Crippen LogP contribution in [-0.2, 0) is 11.8 Å². The van der Waals surface area contributed by atoms with Gasteiger partial charge in [-0.2, -0.15) is 5.10 Å². The van der Waals surface area contributed by atoms with Crippen molar-refractivity contribution in [2.75, 3.05) is 7.05 Å². The molecule has 0 aliphatic heterocycles. The van der Waals surface area contributed by atoms with Gasteiger partial charge >= 0.3 is 0 Å². The molecule has 1 aromatic rings. The highest BCUT2D eigenvalue weighted by Crippen LogP contribution is 2.61. The van der Waals surface area contributed by atoms with Crippen LogP contribution in [0, 0.1) is 23.2 Å². The molecule has 5 nitrogen and oxygen atoms in total. The third-order valence-corrected chi connectivity index (χ3v) is 6.97. The van der Waals surface area contributed by atoms with Gasteiger partial charge in [0.2, 0.25) is 5.91 Å². The average molecular weight is 367 g/mol. The monoisotopic (exact) mass is 366 g/mol. The van der Waals surface area contributed by atoms with E-state index in [4.69, 9.17) is 0 Å². The number of nitrogens with one attached hydrogen (secondary N) is 2. The molecule has 2 N–H and O–H groups in total. The number of hydrogen-bond donors (Lipinski definition) is 2. The first-order chi connectivity index (χ1) is 11.5. The molecule has 2 atom stereocenters. The van der Waals surface area contributed by atoms with Crippen molar-refractivity contribution in [3.8, 4) is 0 Å². The van der Waals surface area contributed by atoms with Crippen LogP contribution in [0.3, 0.4) is 0 Å². The maximum atomic E-state index is 12.9. The minimum Gasteiger partial charge on any atom is -0.351 e. The van der Waals surface area contributed by atoms with Gasteiger partial charge in [-0.3, -0.25) is 9.48 Å². The summed E-state index contributed by atoms with van der Waals surface area (Å²) in [4.78, 5) is 12.9. The van der Waals surface area contributed by atoms with Crippen LogP contribution in [0.25, 0.3) is 0 Å². The molecular formula is C19H31ClN4O. The zero-order valence-corrected chi connectivity index (χ0v) is 16.3. The second kappa shape index (κ2) is 6.92.